The van der Waals surface area contributed by atoms with Gasteiger partial charge in [0.1, 0.15) is 0 Å². The van der Waals surface area contributed by atoms with Crippen LogP contribution >= 0.6 is 23.2 Å². The predicted octanol–water partition coefficient (Wildman–Crippen LogP) is 2.98. The number of nitrogens with one attached hydrogen (secondary N) is 1. The summed E-state index contributed by atoms with van der Waals surface area (Å²) in [6, 6.07) is 4.22. The fourth-order valence-corrected chi connectivity index (χ4v) is 2.89. The molecule has 2 unspecified atom stereocenters. The Labute approximate surface area is 120 Å². The fourth-order valence-electron chi connectivity index (χ4n) is 2.37. The van der Waals surface area contributed by atoms with Crippen molar-refractivity contribution in [3.05, 3.63) is 33.8 Å². The lowest BCUT2D eigenvalue weighted by Gasteiger charge is -2.17. The Bertz CT molecular complexity index is 498. The second-order valence-corrected chi connectivity index (χ2v) is 5.49. The van der Waals surface area contributed by atoms with Gasteiger partial charge >= 0.3 is 5.97 Å². The molecule has 0 saturated heterocycles. The maximum atomic E-state index is 12.1. The summed E-state index contributed by atoms with van der Waals surface area (Å²) in [4.78, 5) is 23.1. The highest BCUT2D eigenvalue weighted by atomic mass is 35.5. The number of aliphatic carboxylic acids is 1. The zero-order chi connectivity index (χ0) is 14.0. The van der Waals surface area contributed by atoms with E-state index >= 15 is 0 Å². The Hall–Kier alpha value is -1.26. The first kappa shape index (κ1) is 14.2. The van der Waals surface area contributed by atoms with E-state index < -0.39 is 11.9 Å². The third-order valence-electron chi connectivity index (χ3n) is 3.27. The summed E-state index contributed by atoms with van der Waals surface area (Å²) < 4.78 is 0. The van der Waals surface area contributed by atoms with Gasteiger partial charge in [-0.05, 0) is 31.0 Å². The maximum Gasteiger partial charge on any atom is 0.308 e. The zero-order valence-electron chi connectivity index (χ0n) is 10.0. The minimum Gasteiger partial charge on any atom is -0.481 e. The van der Waals surface area contributed by atoms with Gasteiger partial charge < -0.3 is 10.4 Å². The van der Waals surface area contributed by atoms with Crippen molar-refractivity contribution in [2.45, 2.75) is 25.3 Å². The molecule has 0 aliphatic heterocycles. The molecule has 1 aliphatic carbocycles. The van der Waals surface area contributed by atoms with Gasteiger partial charge in [0.25, 0.3) is 5.91 Å². The van der Waals surface area contributed by atoms with Gasteiger partial charge in [-0.1, -0.05) is 29.6 Å². The minimum absolute atomic E-state index is 0.331. The van der Waals surface area contributed by atoms with Crippen molar-refractivity contribution in [2.75, 3.05) is 0 Å². The van der Waals surface area contributed by atoms with Crippen LogP contribution in [0, 0.1) is 5.92 Å². The maximum absolute atomic E-state index is 12.1. The Morgan fingerprint density at radius 3 is 2.37 bits per heavy atom. The number of carboxylic acids is 1. The molecule has 6 heteroatoms. The molecule has 2 N–H and O–H groups in total. The molecule has 19 heavy (non-hydrogen) atoms. The van der Waals surface area contributed by atoms with E-state index in [2.05, 4.69) is 5.32 Å². The van der Waals surface area contributed by atoms with Crippen LogP contribution in [0.5, 0.6) is 0 Å². The van der Waals surface area contributed by atoms with Crippen molar-refractivity contribution >= 4 is 35.1 Å². The van der Waals surface area contributed by atoms with Crippen LogP contribution in [0.25, 0.3) is 0 Å². The van der Waals surface area contributed by atoms with Gasteiger partial charge in [0.15, 0.2) is 0 Å². The summed E-state index contributed by atoms with van der Waals surface area (Å²) in [5.41, 5.74) is 0.341. The smallest absolute Gasteiger partial charge is 0.308 e. The molecule has 0 heterocycles. The molecule has 1 aromatic rings. The summed E-state index contributed by atoms with van der Waals surface area (Å²) in [6.07, 6.45) is 2.08. The molecule has 2 rings (SSSR count). The number of rotatable bonds is 3. The van der Waals surface area contributed by atoms with Crippen molar-refractivity contribution in [3.63, 3.8) is 0 Å². The second kappa shape index (κ2) is 5.80. The average Bonchev–Trinajstić information content (AvgIpc) is 2.75. The molecule has 0 spiro atoms. The van der Waals surface area contributed by atoms with Gasteiger partial charge in [0.05, 0.1) is 5.92 Å². The van der Waals surface area contributed by atoms with Gasteiger partial charge in [-0.25, -0.2) is 0 Å². The molecule has 2 atom stereocenters. The summed E-state index contributed by atoms with van der Waals surface area (Å²) in [5.74, 6) is -1.73. The van der Waals surface area contributed by atoms with E-state index in [1.165, 1.54) is 18.2 Å². The molecular formula is C13H13Cl2NO3. The minimum atomic E-state index is -0.869. The summed E-state index contributed by atoms with van der Waals surface area (Å²) in [7, 11) is 0. The average molecular weight is 302 g/mol. The van der Waals surface area contributed by atoms with E-state index in [0.29, 0.717) is 28.5 Å². The first-order valence-corrected chi connectivity index (χ1v) is 6.72. The van der Waals surface area contributed by atoms with E-state index in [1.807, 2.05) is 0 Å². The van der Waals surface area contributed by atoms with Crippen LogP contribution < -0.4 is 5.32 Å². The molecule has 1 aromatic carbocycles. The normalized spacial score (nSPS) is 22.2. The first-order valence-electron chi connectivity index (χ1n) is 5.97. The number of benzene rings is 1. The number of hydrogen-bond donors (Lipinski definition) is 2. The number of hydrogen-bond acceptors (Lipinski definition) is 2. The lowest BCUT2D eigenvalue weighted by Crippen LogP contribution is -2.40. The summed E-state index contributed by atoms with van der Waals surface area (Å²) in [5, 5.41) is 12.6. The van der Waals surface area contributed by atoms with Crippen LogP contribution in [0.2, 0.25) is 10.0 Å². The van der Waals surface area contributed by atoms with Gasteiger partial charge in [0, 0.05) is 21.7 Å². The van der Waals surface area contributed by atoms with E-state index in [4.69, 9.17) is 28.3 Å². The number of amides is 1. The molecule has 0 aromatic heterocycles. The largest absolute Gasteiger partial charge is 0.481 e. The first-order chi connectivity index (χ1) is 8.97. The molecule has 1 fully saturated rings. The van der Waals surface area contributed by atoms with E-state index in [-0.39, 0.29) is 11.9 Å². The Kier molecular flexibility index (Phi) is 4.32. The quantitative estimate of drug-likeness (QED) is 0.902. The third-order valence-corrected chi connectivity index (χ3v) is 3.71. The lowest BCUT2D eigenvalue weighted by molar-refractivity contribution is -0.142. The highest BCUT2D eigenvalue weighted by Gasteiger charge is 2.34. The highest BCUT2D eigenvalue weighted by Crippen LogP contribution is 2.26. The lowest BCUT2D eigenvalue weighted by atomic mass is 10.0. The molecule has 1 amide bonds. The fraction of sp³-hybridized carbons (Fsp3) is 0.385. The van der Waals surface area contributed by atoms with Crippen molar-refractivity contribution in [3.8, 4) is 0 Å². The van der Waals surface area contributed by atoms with Gasteiger partial charge in [0.2, 0.25) is 0 Å². The molecule has 0 radical (unpaired) electrons. The van der Waals surface area contributed by atoms with Gasteiger partial charge in [-0.2, -0.15) is 0 Å². The topological polar surface area (TPSA) is 66.4 Å². The Morgan fingerprint density at radius 1 is 1.16 bits per heavy atom. The molecule has 4 nitrogen and oxygen atoms in total. The molecular weight excluding hydrogens is 289 g/mol. The standard InChI is InChI=1S/C13H13Cl2NO3/c14-8-4-7(5-9(15)6-8)12(17)16-11-3-1-2-10(11)13(18)19/h4-6,10-11H,1-3H2,(H,16,17)(H,18,19). The van der Waals surface area contributed by atoms with Crippen LogP contribution in [0.15, 0.2) is 18.2 Å². The zero-order valence-corrected chi connectivity index (χ0v) is 11.5. The third kappa shape index (κ3) is 3.39. The molecule has 1 aliphatic rings. The van der Waals surface area contributed by atoms with Crippen LogP contribution in [0.4, 0.5) is 0 Å². The molecule has 0 bridgehead atoms. The highest BCUT2D eigenvalue weighted by molar-refractivity contribution is 6.35. The monoisotopic (exact) mass is 301 g/mol. The molecule has 102 valence electrons. The van der Waals surface area contributed by atoms with Crippen LogP contribution in [0.1, 0.15) is 29.6 Å². The van der Waals surface area contributed by atoms with E-state index in [0.717, 1.165) is 6.42 Å². The van der Waals surface area contributed by atoms with Gasteiger partial charge in [-0.3, -0.25) is 9.59 Å². The van der Waals surface area contributed by atoms with E-state index in [1.54, 1.807) is 0 Å². The number of halogens is 2. The Morgan fingerprint density at radius 2 is 1.79 bits per heavy atom. The molecule has 1 saturated carbocycles. The second-order valence-electron chi connectivity index (χ2n) is 4.61. The van der Waals surface area contributed by atoms with E-state index in [9.17, 15) is 9.59 Å². The Balaban J connectivity index is 2.10. The number of carbonyl (C=O) groups excluding carboxylic acids is 1. The number of carboxylic acid groups (broad SMARTS) is 1. The van der Waals surface area contributed by atoms with Crippen LogP contribution in [0.3, 0.4) is 0 Å². The van der Waals surface area contributed by atoms with Crippen molar-refractivity contribution in [2.24, 2.45) is 5.92 Å². The summed E-state index contributed by atoms with van der Waals surface area (Å²) >= 11 is 11.7. The van der Waals surface area contributed by atoms with Gasteiger partial charge in [-0.15, -0.1) is 0 Å². The van der Waals surface area contributed by atoms with Crippen molar-refractivity contribution < 1.29 is 14.7 Å². The van der Waals surface area contributed by atoms with Crippen LogP contribution in [-0.4, -0.2) is 23.0 Å². The van der Waals surface area contributed by atoms with Crippen LogP contribution in [-0.2, 0) is 4.79 Å². The van der Waals surface area contributed by atoms with Crippen molar-refractivity contribution in [1.29, 1.82) is 0 Å². The summed E-state index contributed by atoms with van der Waals surface area (Å²) in [6.45, 7) is 0. The predicted molar refractivity (Wildman–Crippen MR) is 72.7 cm³/mol. The number of carbonyl (C=O) groups is 2. The SMILES string of the molecule is O=C(NC1CCCC1C(=O)O)c1cc(Cl)cc(Cl)c1. The van der Waals surface area contributed by atoms with Crippen molar-refractivity contribution in [1.82, 2.24) is 5.32 Å².